The van der Waals surface area contributed by atoms with Gasteiger partial charge >= 0.3 is 0 Å². The van der Waals surface area contributed by atoms with Gasteiger partial charge in [0.25, 0.3) is 11.6 Å². The fourth-order valence-electron chi connectivity index (χ4n) is 2.42. The molecule has 0 unspecified atom stereocenters. The van der Waals surface area contributed by atoms with Gasteiger partial charge in [-0.15, -0.1) is 6.58 Å². The highest BCUT2D eigenvalue weighted by molar-refractivity contribution is 7.16. The third-order valence-corrected chi connectivity index (χ3v) is 4.53. The van der Waals surface area contributed by atoms with Crippen molar-refractivity contribution in [2.45, 2.75) is 6.54 Å². The number of fused-ring (bicyclic) bond motifs is 1. The van der Waals surface area contributed by atoms with Crippen molar-refractivity contribution in [2.24, 2.45) is 4.99 Å². The van der Waals surface area contributed by atoms with Gasteiger partial charge in [-0.25, -0.2) is 8.78 Å². The molecule has 0 bridgehead atoms. The number of benzene rings is 2. The lowest BCUT2D eigenvalue weighted by Crippen LogP contribution is -2.16. The Morgan fingerprint density at radius 1 is 1.35 bits per heavy atom. The van der Waals surface area contributed by atoms with Crippen molar-refractivity contribution in [3.05, 3.63) is 81.2 Å². The number of nitro groups is 1. The Kier molecular flexibility index (Phi) is 4.72. The molecular formula is C17H11F2N3O3S. The zero-order valence-electron chi connectivity index (χ0n) is 13.2. The summed E-state index contributed by atoms with van der Waals surface area (Å²) < 4.78 is 29.3. The normalized spacial score (nSPS) is 11.7. The Morgan fingerprint density at radius 2 is 2.12 bits per heavy atom. The fraction of sp³-hybridized carbons (Fsp3) is 0.0588. The molecule has 2 aromatic carbocycles. The molecule has 3 aromatic rings. The number of rotatable bonds is 4. The first-order valence-electron chi connectivity index (χ1n) is 7.33. The van der Waals surface area contributed by atoms with Crippen LogP contribution in [0.1, 0.15) is 10.4 Å². The molecule has 1 amide bonds. The quantitative estimate of drug-likeness (QED) is 0.395. The maximum absolute atomic E-state index is 14.2. The SMILES string of the molecule is C=CCn1c(=NC(=O)c2cccc([N+](=O)[O-])c2)sc2cc(F)cc(F)c21. The molecule has 0 saturated heterocycles. The van der Waals surface area contributed by atoms with Crippen molar-refractivity contribution in [3.8, 4) is 0 Å². The van der Waals surface area contributed by atoms with Crippen LogP contribution in [0.3, 0.4) is 0 Å². The molecule has 26 heavy (non-hydrogen) atoms. The number of thiazole rings is 1. The lowest BCUT2D eigenvalue weighted by Gasteiger charge is -2.02. The Balaban J connectivity index is 2.17. The molecular weight excluding hydrogens is 364 g/mol. The van der Waals surface area contributed by atoms with E-state index >= 15 is 0 Å². The Hall–Kier alpha value is -3.20. The molecule has 0 aliphatic rings. The van der Waals surface area contributed by atoms with Gasteiger partial charge in [-0.05, 0) is 12.1 Å². The summed E-state index contributed by atoms with van der Waals surface area (Å²) in [4.78, 5) is 26.7. The second-order valence-electron chi connectivity index (χ2n) is 5.24. The highest BCUT2D eigenvalue weighted by Crippen LogP contribution is 2.22. The first kappa shape index (κ1) is 17.6. The van der Waals surface area contributed by atoms with Crippen LogP contribution in [0.4, 0.5) is 14.5 Å². The highest BCUT2D eigenvalue weighted by atomic mass is 32.1. The lowest BCUT2D eigenvalue weighted by molar-refractivity contribution is -0.384. The molecule has 1 heterocycles. The first-order valence-corrected chi connectivity index (χ1v) is 8.15. The van der Waals surface area contributed by atoms with Crippen molar-refractivity contribution in [1.29, 1.82) is 0 Å². The molecule has 0 spiro atoms. The van der Waals surface area contributed by atoms with E-state index in [9.17, 15) is 23.7 Å². The van der Waals surface area contributed by atoms with Crippen LogP contribution in [0.2, 0.25) is 0 Å². The van der Waals surface area contributed by atoms with Gasteiger partial charge in [0.15, 0.2) is 10.6 Å². The summed E-state index contributed by atoms with van der Waals surface area (Å²) in [5.74, 6) is -2.24. The van der Waals surface area contributed by atoms with Gasteiger partial charge in [0.05, 0.1) is 15.1 Å². The zero-order chi connectivity index (χ0) is 18.8. The van der Waals surface area contributed by atoms with Crippen molar-refractivity contribution in [2.75, 3.05) is 0 Å². The van der Waals surface area contributed by atoms with E-state index in [-0.39, 0.29) is 32.8 Å². The Bertz CT molecular complexity index is 1120. The Morgan fingerprint density at radius 3 is 2.81 bits per heavy atom. The standard InChI is InChI=1S/C17H11F2N3O3S/c1-2-6-21-15-13(19)8-11(18)9-14(15)26-17(21)20-16(23)10-4-3-5-12(7-10)22(24)25/h2-5,7-9H,1,6H2. The molecule has 0 saturated carbocycles. The van der Waals surface area contributed by atoms with E-state index in [1.807, 2.05) is 0 Å². The predicted octanol–water partition coefficient (Wildman–Crippen LogP) is 3.82. The van der Waals surface area contributed by atoms with Crippen LogP contribution in [0, 0.1) is 21.7 Å². The molecule has 1 aromatic heterocycles. The molecule has 0 N–H and O–H groups in total. The minimum absolute atomic E-state index is 0.0217. The van der Waals surface area contributed by atoms with Gasteiger partial charge in [-0.3, -0.25) is 14.9 Å². The van der Waals surface area contributed by atoms with E-state index in [1.54, 1.807) is 0 Å². The van der Waals surface area contributed by atoms with Gasteiger partial charge in [0.2, 0.25) is 0 Å². The minimum atomic E-state index is -0.776. The number of halogens is 2. The second-order valence-corrected chi connectivity index (χ2v) is 6.25. The summed E-state index contributed by atoms with van der Waals surface area (Å²) in [6.07, 6.45) is 1.49. The Labute approximate surface area is 149 Å². The molecule has 9 heteroatoms. The van der Waals surface area contributed by atoms with Crippen LogP contribution < -0.4 is 4.80 Å². The molecule has 0 atom stereocenters. The lowest BCUT2D eigenvalue weighted by atomic mass is 10.2. The topological polar surface area (TPSA) is 77.5 Å². The van der Waals surface area contributed by atoms with Crippen LogP contribution in [0.15, 0.2) is 54.0 Å². The van der Waals surface area contributed by atoms with Gasteiger partial charge in [-0.1, -0.05) is 23.5 Å². The molecule has 6 nitrogen and oxygen atoms in total. The van der Waals surface area contributed by atoms with E-state index in [1.165, 1.54) is 28.8 Å². The van der Waals surface area contributed by atoms with Gasteiger partial charge in [0, 0.05) is 30.3 Å². The molecule has 0 radical (unpaired) electrons. The predicted molar refractivity (Wildman–Crippen MR) is 92.9 cm³/mol. The van der Waals surface area contributed by atoms with Crippen LogP contribution in [0.5, 0.6) is 0 Å². The third kappa shape index (κ3) is 3.29. The highest BCUT2D eigenvalue weighted by Gasteiger charge is 2.15. The summed E-state index contributed by atoms with van der Waals surface area (Å²) in [5.41, 5.74) is -0.107. The summed E-state index contributed by atoms with van der Waals surface area (Å²) >= 11 is 0.939. The molecule has 3 rings (SSSR count). The maximum atomic E-state index is 14.2. The van der Waals surface area contributed by atoms with E-state index in [0.29, 0.717) is 0 Å². The first-order chi connectivity index (χ1) is 12.4. The number of non-ortho nitro benzene ring substituents is 1. The van der Waals surface area contributed by atoms with E-state index in [2.05, 4.69) is 11.6 Å². The number of aromatic nitrogens is 1. The molecule has 0 aliphatic carbocycles. The summed E-state index contributed by atoms with van der Waals surface area (Å²) in [6, 6.07) is 7.03. The number of carbonyl (C=O) groups excluding carboxylic acids is 1. The number of hydrogen-bond acceptors (Lipinski definition) is 4. The average molecular weight is 375 g/mol. The van der Waals surface area contributed by atoms with Gasteiger partial charge in [-0.2, -0.15) is 4.99 Å². The second kappa shape index (κ2) is 6.96. The summed E-state index contributed by atoms with van der Waals surface area (Å²) in [7, 11) is 0. The van der Waals surface area contributed by atoms with Crippen molar-refractivity contribution in [3.63, 3.8) is 0 Å². The van der Waals surface area contributed by atoms with Crippen LogP contribution in [-0.2, 0) is 6.54 Å². The number of allylic oxidation sites excluding steroid dienone is 1. The van der Waals surface area contributed by atoms with Crippen molar-refractivity contribution in [1.82, 2.24) is 4.57 Å². The summed E-state index contributed by atoms with van der Waals surface area (Å²) in [6.45, 7) is 3.74. The van der Waals surface area contributed by atoms with Crippen LogP contribution in [0.25, 0.3) is 10.2 Å². The average Bonchev–Trinajstić information content (AvgIpc) is 2.92. The van der Waals surface area contributed by atoms with E-state index in [4.69, 9.17) is 0 Å². The smallest absolute Gasteiger partial charge is 0.279 e. The summed E-state index contributed by atoms with van der Waals surface area (Å²) in [5, 5.41) is 10.8. The number of nitrogens with zero attached hydrogens (tertiary/aromatic N) is 3. The van der Waals surface area contributed by atoms with Gasteiger partial charge < -0.3 is 4.57 Å². The largest absolute Gasteiger partial charge is 0.310 e. The number of amides is 1. The van der Waals surface area contributed by atoms with Crippen LogP contribution in [-0.4, -0.2) is 15.4 Å². The van der Waals surface area contributed by atoms with E-state index < -0.39 is 22.5 Å². The third-order valence-electron chi connectivity index (χ3n) is 3.51. The number of hydrogen-bond donors (Lipinski definition) is 0. The maximum Gasteiger partial charge on any atom is 0.279 e. The van der Waals surface area contributed by atoms with Crippen molar-refractivity contribution >= 4 is 33.1 Å². The number of carbonyl (C=O) groups is 1. The van der Waals surface area contributed by atoms with E-state index in [0.717, 1.165) is 29.5 Å². The fourth-order valence-corrected chi connectivity index (χ4v) is 3.49. The van der Waals surface area contributed by atoms with Crippen LogP contribution >= 0.6 is 11.3 Å². The monoisotopic (exact) mass is 375 g/mol. The minimum Gasteiger partial charge on any atom is -0.310 e. The van der Waals surface area contributed by atoms with Gasteiger partial charge in [0.1, 0.15) is 5.82 Å². The molecule has 132 valence electrons. The van der Waals surface area contributed by atoms with Crippen molar-refractivity contribution < 1.29 is 18.5 Å². The number of nitro benzene ring substituents is 1. The zero-order valence-corrected chi connectivity index (χ0v) is 14.0. The molecule has 0 aliphatic heterocycles. The molecule has 0 fully saturated rings.